The van der Waals surface area contributed by atoms with Crippen LogP contribution in [0.5, 0.6) is 0 Å². The van der Waals surface area contributed by atoms with Gasteiger partial charge in [-0.1, -0.05) is 37.3 Å². The first-order valence-corrected chi connectivity index (χ1v) is 11.7. The molecule has 2 aliphatic heterocycles. The van der Waals surface area contributed by atoms with E-state index in [0.29, 0.717) is 31.2 Å². The minimum Gasteiger partial charge on any atom is -0.447 e. The summed E-state index contributed by atoms with van der Waals surface area (Å²) in [6, 6.07) is 10.4. The van der Waals surface area contributed by atoms with E-state index in [1.54, 1.807) is 0 Å². The highest BCUT2D eigenvalue weighted by molar-refractivity contribution is 5.92. The molecule has 0 spiro atoms. The van der Waals surface area contributed by atoms with E-state index in [-0.39, 0.29) is 12.0 Å². The van der Waals surface area contributed by atoms with Gasteiger partial charge in [0.15, 0.2) is 5.69 Å². The number of aromatic nitrogens is 1. The van der Waals surface area contributed by atoms with Crippen LogP contribution in [0.25, 0.3) is 0 Å². The maximum atomic E-state index is 12.9. The van der Waals surface area contributed by atoms with E-state index in [1.807, 2.05) is 17.9 Å². The quantitative estimate of drug-likeness (QED) is 0.666. The highest BCUT2D eigenvalue weighted by atomic mass is 16.3. The fourth-order valence-electron chi connectivity index (χ4n) is 4.34. The van der Waals surface area contributed by atoms with Crippen LogP contribution in [0.15, 0.2) is 41.0 Å². The van der Waals surface area contributed by atoms with Gasteiger partial charge in [-0.3, -0.25) is 19.5 Å². The molecule has 0 radical (unpaired) electrons. The highest BCUT2D eigenvalue weighted by Crippen LogP contribution is 2.14. The third-order valence-electron chi connectivity index (χ3n) is 6.44. The molecule has 1 amide bonds. The first-order valence-electron chi connectivity index (χ1n) is 11.7. The van der Waals surface area contributed by atoms with Gasteiger partial charge in [0, 0.05) is 65.4 Å². The molecule has 3 heterocycles. The maximum Gasteiger partial charge on any atom is 0.275 e. The monoisotopic (exact) mass is 441 g/mol. The number of carbonyl (C=O) groups excluding carboxylic acids is 1. The van der Waals surface area contributed by atoms with E-state index in [0.717, 1.165) is 58.8 Å². The predicted molar refractivity (Wildman–Crippen MR) is 122 cm³/mol. The van der Waals surface area contributed by atoms with Crippen molar-refractivity contribution >= 4 is 5.91 Å². The molecular formula is C24H35N5O3. The standard InChI is InChI=1S/C24H35N5O3/c1-2-21(30)17-27-8-10-28(11-9-27)18-23-25-22(19-32-23)24(31)29-14-12-26(13-15-29)16-20-6-4-3-5-7-20/h3-7,19,21,30H,2,8-18H2,1H3. The first-order chi connectivity index (χ1) is 15.6. The lowest BCUT2D eigenvalue weighted by Crippen LogP contribution is -2.48. The van der Waals surface area contributed by atoms with Crippen molar-refractivity contribution in [3.05, 3.63) is 53.7 Å². The van der Waals surface area contributed by atoms with Crippen molar-refractivity contribution in [2.24, 2.45) is 0 Å². The SMILES string of the molecule is CCC(O)CN1CCN(Cc2nc(C(=O)N3CCN(Cc4ccccc4)CC3)co2)CC1. The number of hydrogen-bond acceptors (Lipinski definition) is 7. The molecule has 2 aliphatic rings. The lowest BCUT2D eigenvalue weighted by Gasteiger charge is -2.34. The van der Waals surface area contributed by atoms with Gasteiger partial charge in [-0.2, -0.15) is 0 Å². The van der Waals surface area contributed by atoms with Crippen LogP contribution in [0, 0.1) is 0 Å². The summed E-state index contributed by atoms with van der Waals surface area (Å²) in [5.74, 6) is 0.552. The average molecular weight is 442 g/mol. The summed E-state index contributed by atoms with van der Waals surface area (Å²) in [4.78, 5) is 26.2. The van der Waals surface area contributed by atoms with Crippen LogP contribution in [0.1, 0.15) is 35.3 Å². The van der Waals surface area contributed by atoms with Gasteiger partial charge in [0.1, 0.15) is 6.26 Å². The number of carbonyl (C=O) groups is 1. The zero-order chi connectivity index (χ0) is 22.3. The molecule has 4 rings (SSSR count). The molecule has 0 aliphatic carbocycles. The van der Waals surface area contributed by atoms with Crippen molar-refractivity contribution in [1.29, 1.82) is 0 Å². The molecule has 0 bridgehead atoms. The van der Waals surface area contributed by atoms with Gasteiger partial charge in [0.05, 0.1) is 12.6 Å². The number of aliphatic hydroxyl groups excluding tert-OH is 1. The van der Waals surface area contributed by atoms with Gasteiger partial charge in [0.25, 0.3) is 5.91 Å². The number of benzene rings is 1. The molecule has 2 fully saturated rings. The minimum absolute atomic E-state index is 0.0438. The molecule has 1 N–H and O–H groups in total. The fraction of sp³-hybridized carbons (Fsp3) is 0.583. The smallest absolute Gasteiger partial charge is 0.275 e. The van der Waals surface area contributed by atoms with Crippen molar-refractivity contribution in [3.63, 3.8) is 0 Å². The topological polar surface area (TPSA) is 76.3 Å². The number of rotatable bonds is 8. The van der Waals surface area contributed by atoms with Crippen LogP contribution < -0.4 is 0 Å². The number of nitrogens with zero attached hydrogens (tertiary/aromatic N) is 5. The van der Waals surface area contributed by atoms with Crippen molar-refractivity contribution in [2.75, 3.05) is 58.9 Å². The van der Waals surface area contributed by atoms with Crippen LogP contribution in [0.3, 0.4) is 0 Å². The number of piperazine rings is 2. The second kappa shape index (κ2) is 11.0. The van der Waals surface area contributed by atoms with Crippen molar-refractivity contribution in [2.45, 2.75) is 32.5 Å². The second-order valence-corrected chi connectivity index (χ2v) is 8.82. The second-order valence-electron chi connectivity index (χ2n) is 8.82. The number of hydrogen-bond donors (Lipinski definition) is 1. The molecule has 0 saturated carbocycles. The Hall–Kier alpha value is -2.26. The molecule has 1 aromatic heterocycles. The van der Waals surface area contributed by atoms with E-state index in [2.05, 4.69) is 43.9 Å². The van der Waals surface area contributed by atoms with Crippen LogP contribution in [0.4, 0.5) is 0 Å². The molecular weight excluding hydrogens is 406 g/mol. The van der Waals surface area contributed by atoms with Crippen LogP contribution in [-0.4, -0.2) is 101 Å². The lowest BCUT2D eigenvalue weighted by atomic mass is 10.2. The summed E-state index contributed by atoms with van der Waals surface area (Å²) in [6.45, 7) is 11.1. The zero-order valence-electron chi connectivity index (χ0n) is 19.0. The fourth-order valence-corrected chi connectivity index (χ4v) is 4.34. The Kier molecular flexibility index (Phi) is 7.91. The zero-order valence-corrected chi connectivity index (χ0v) is 19.0. The Morgan fingerprint density at radius 2 is 1.59 bits per heavy atom. The molecule has 8 nitrogen and oxygen atoms in total. The Morgan fingerprint density at radius 1 is 0.969 bits per heavy atom. The van der Waals surface area contributed by atoms with Gasteiger partial charge >= 0.3 is 0 Å². The normalized spacial score (nSPS) is 19.9. The van der Waals surface area contributed by atoms with E-state index in [9.17, 15) is 9.90 Å². The van der Waals surface area contributed by atoms with Crippen LogP contribution >= 0.6 is 0 Å². The molecule has 1 aromatic carbocycles. The Morgan fingerprint density at radius 3 is 2.28 bits per heavy atom. The number of β-amino-alcohol motifs (C(OH)–C–C–N with tert-alkyl or cyclic N) is 1. The maximum absolute atomic E-state index is 12.9. The number of oxazole rings is 1. The molecule has 174 valence electrons. The Balaban J connectivity index is 1.21. The van der Waals surface area contributed by atoms with Gasteiger partial charge in [-0.15, -0.1) is 0 Å². The van der Waals surface area contributed by atoms with Crippen LogP contribution in [0.2, 0.25) is 0 Å². The van der Waals surface area contributed by atoms with E-state index in [1.165, 1.54) is 11.8 Å². The number of amides is 1. The van der Waals surface area contributed by atoms with Crippen LogP contribution in [-0.2, 0) is 13.1 Å². The highest BCUT2D eigenvalue weighted by Gasteiger charge is 2.25. The van der Waals surface area contributed by atoms with Gasteiger partial charge in [-0.05, 0) is 12.0 Å². The molecule has 2 aromatic rings. The first kappa shape index (κ1) is 22.9. The average Bonchev–Trinajstić information content (AvgIpc) is 3.29. The van der Waals surface area contributed by atoms with Gasteiger partial charge in [0.2, 0.25) is 5.89 Å². The lowest BCUT2D eigenvalue weighted by molar-refractivity contribution is 0.0622. The van der Waals surface area contributed by atoms with Crippen molar-refractivity contribution < 1.29 is 14.3 Å². The van der Waals surface area contributed by atoms with E-state index < -0.39 is 0 Å². The number of aliphatic hydroxyl groups is 1. The summed E-state index contributed by atoms with van der Waals surface area (Å²) in [5, 5.41) is 9.84. The van der Waals surface area contributed by atoms with Gasteiger partial charge < -0.3 is 14.4 Å². The third-order valence-corrected chi connectivity index (χ3v) is 6.44. The summed E-state index contributed by atoms with van der Waals surface area (Å²) in [6.07, 6.45) is 2.04. The Bertz CT molecular complexity index is 842. The Labute approximate surface area is 190 Å². The minimum atomic E-state index is -0.248. The molecule has 8 heteroatoms. The summed E-state index contributed by atoms with van der Waals surface area (Å²) in [5.41, 5.74) is 1.71. The van der Waals surface area contributed by atoms with E-state index in [4.69, 9.17) is 4.42 Å². The molecule has 1 unspecified atom stereocenters. The van der Waals surface area contributed by atoms with Gasteiger partial charge in [-0.25, -0.2) is 4.98 Å². The molecule has 2 saturated heterocycles. The summed E-state index contributed by atoms with van der Waals surface area (Å²) >= 11 is 0. The molecule has 32 heavy (non-hydrogen) atoms. The van der Waals surface area contributed by atoms with Crippen molar-refractivity contribution in [1.82, 2.24) is 24.6 Å². The predicted octanol–water partition coefficient (Wildman–Crippen LogP) is 1.52. The van der Waals surface area contributed by atoms with Crippen molar-refractivity contribution in [3.8, 4) is 0 Å². The molecule has 1 atom stereocenters. The third kappa shape index (κ3) is 6.16. The van der Waals surface area contributed by atoms with E-state index >= 15 is 0 Å². The largest absolute Gasteiger partial charge is 0.447 e. The summed E-state index contributed by atoms with van der Waals surface area (Å²) in [7, 11) is 0. The summed E-state index contributed by atoms with van der Waals surface area (Å²) < 4.78 is 5.62.